The van der Waals surface area contributed by atoms with Crippen molar-refractivity contribution in [3.63, 3.8) is 0 Å². The molecule has 0 bridgehead atoms. The molecule has 0 spiro atoms. The van der Waals surface area contributed by atoms with Crippen LogP contribution in [-0.4, -0.2) is 21.9 Å². The van der Waals surface area contributed by atoms with E-state index in [4.69, 9.17) is 26.9 Å². The Hall–Kier alpha value is -4.08. The molecule has 1 aromatic heterocycles. The van der Waals surface area contributed by atoms with Gasteiger partial charge in [0.1, 0.15) is 11.4 Å². The number of ether oxygens (including phenoxy) is 1. The summed E-state index contributed by atoms with van der Waals surface area (Å²) in [4.78, 5) is 17.0. The third kappa shape index (κ3) is 5.15. The van der Waals surface area contributed by atoms with Gasteiger partial charge in [0.15, 0.2) is 0 Å². The van der Waals surface area contributed by atoms with E-state index >= 15 is 0 Å². The third-order valence-electron chi connectivity index (χ3n) is 4.54. The van der Waals surface area contributed by atoms with Crippen LogP contribution in [0.2, 0.25) is 5.02 Å². The van der Waals surface area contributed by atoms with Gasteiger partial charge in [-0.3, -0.25) is 4.79 Å². The highest BCUT2D eigenvalue weighted by molar-refractivity contribution is 6.33. The summed E-state index contributed by atoms with van der Waals surface area (Å²) in [5, 5.41) is 28.4. The molecular formula is C22H20ClN7O2. The molecule has 32 heavy (non-hydrogen) atoms. The first-order chi connectivity index (χ1) is 15.5. The molecule has 2 aromatic carbocycles. The molecule has 0 atom stereocenters. The number of nitrogens with zero attached hydrogens (tertiary/aromatic N) is 5. The fourth-order valence-electron chi connectivity index (χ4n) is 2.95. The van der Waals surface area contributed by atoms with E-state index in [1.807, 2.05) is 6.07 Å². The second kappa shape index (κ2) is 10.3. The van der Waals surface area contributed by atoms with Gasteiger partial charge < -0.3 is 15.4 Å². The number of nitrogens with one attached hydrogen (secondary N) is 2. The van der Waals surface area contributed by atoms with Crippen molar-refractivity contribution in [3.05, 3.63) is 62.9 Å². The van der Waals surface area contributed by atoms with E-state index in [-0.39, 0.29) is 11.8 Å². The Bertz CT molecular complexity index is 1260. The van der Waals surface area contributed by atoms with Crippen LogP contribution in [0.5, 0.6) is 5.75 Å². The van der Waals surface area contributed by atoms with Crippen molar-refractivity contribution in [2.24, 2.45) is 0 Å². The Morgan fingerprint density at radius 2 is 1.94 bits per heavy atom. The highest BCUT2D eigenvalue weighted by Crippen LogP contribution is 2.36. The first kappa shape index (κ1) is 22.6. The number of hydrogen-bond acceptors (Lipinski definition) is 8. The molecule has 9 nitrogen and oxygen atoms in total. The van der Waals surface area contributed by atoms with Gasteiger partial charge in [0, 0.05) is 18.7 Å². The lowest BCUT2D eigenvalue weighted by Gasteiger charge is -2.15. The lowest BCUT2D eigenvalue weighted by Crippen LogP contribution is -2.27. The number of aromatic nitrogens is 3. The minimum atomic E-state index is -0.396. The fraction of sp³-hybridized carbons (Fsp3) is 0.227. The maximum Gasteiger partial charge on any atom is 0.309 e. The molecule has 0 unspecified atom stereocenters. The summed E-state index contributed by atoms with van der Waals surface area (Å²) in [6.07, 6.45) is 0.907. The molecule has 0 aliphatic carbocycles. The SMILES string of the molecule is CCn1nc(Nc2c(Cl)cc(CCC#N)cc2OC)nc(Nc2ccc(C#N)cc2)c1=O. The maximum atomic E-state index is 12.7. The molecule has 162 valence electrons. The predicted molar refractivity (Wildman–Crippen MR) is 122 cm³/mol. The molecule has 1 heterocycles. The van der Waals surface area contributed by atoms with Crippen molar-refractivity contribution in [1.29, 1.82) is 10.5 Å². The molecular weight excluding hydrogens is 430 g/mol. The van der Waals surface area contributed by atoms with Crippen LogP contribution in [0.15, 0.2) is 41.2 Å². The number of methoxy groups -OCH3 is 1. The standard InChI is InChI=1S/C22H20ClN7O2/c1-3-30-21(31)20(26-16-8-6-14(13-25)7-9-16)28-22(29-30)27-19-17(23)11-15(5-4-10-24)12-18(19)32-2/h6-9,11-12H,3-5H2,1-2H3,(H2,26,27,28,29). The average Bonchev–Trinajstić information content (AvgIpc) is 2.81. The van der Waals surface area contributed by atoms with E-state index in [0.29, 0.717) is 47.1 Å². The van der Waals surface area contributed by atoms with Gasteiger partial charge in [0.05, 0.1) is 29.8 Å². The van der Waals surface area contributed by atoms with Gasteiger partial charge in [0.2, 0.25) is 11.8 Å². The number of nitriles is 2. The molecule has 3 aromatic rings. The average molecular weight is 450 g/mol. The lowest BCUT2D eigenvalue weighted by molar-refractivity contribution is 0.416. The monoisotopic (exact) mass is 449 g/mol. The summed E-state index contributed by atoms with van der Waals surface area (Å²) in [5.41, 5.74) is 2.02. The summed E-state index contributed by atoms with van der Waals surface area (Å²) in [6, 6.07) is 14.3. The topological polar surface area (TPSA) is 129 Å². The van der Waals surface area contributed by atoms with Gasteiger partial charge in [-0.05, 0) is 55.3 Å². The van der Waals surface area contributed by atoms with Crippen LogP contribution in [0.4, 0.5) is 23.1 Å². The summed E-state index contributed by atoms with van der Waals surface area (Å²) >= 11 is 6.45. The zero-order chi connectivity index (χ0) is 23.1. The third-order valence-corrected chi connectivity index (χ3v) is 4.84. The van der Waals surface area contributed by atoms with E-state index in [2.05, 4.69) is 26.8 Å². The maximum absolute atomic E-state index is 12.7. The Kier molecular flexibility index (Phi) is 7.27. The van der Waals surface area contributed by atoms with E-state index in [0.717, 1.165) is 5.56 Å². The first-order valence-electron chi connectivity index (χ1n) is 9.75. The molecule has 0 aliphatic heterocycles. The van der Waals surface area contributed by atoms with Crippen LogP contribution in [0.1, 0.15) is 24.5 Å². The molecule has 3 rings (SSSR count). The smallest absolute Gasteiger partial charge is 0.309 e. The minimum absolute atomic E-state index is 0.0646. The van der Waals surface area contributed by atoms with E-state index in [1.165, 1.54) is 11.8 Å². The van der Waals surface area contributed by atoms with Crippen molar-refractivity contribution >= 4 is 34.7 Å². The van der Waals surface area contributed by atoms with Gasteiger partial charge in [-0.1, -0.05) is 11.6 Å². The van der Waals surface area contributed by atoms with Crippen molar-refractivity contribution in [2.45, 2.75) is 26.3 Å². The van der Waals surface area contributed by atoms with E-state index in [1.54, 1.807) is 43.3 Å². The Morgan fingerprint density at radius 3 is 2.56 bits per heavy atom. The Balaban J connectivity index is 1.96. The fourth-order valence-corrected chi connectivity index (χ4v) is 3.23. The number of benzene rings is 2. The molecule has 0 aliphatic rings. The van der Waals surface area contributed by atoms with Crippen LogP contribution in [-0.2, 0) is 13.0 Å². The van der Waals surface area contributed by atoms with Crippen LogP contribution in [0, 0.1) is 22.7 Å². The number of aryl methyl sites for hydroxylation is 2. The molecule has 0 radical (unpaired) electrons. The Labute approximate surface area is 189 Å². The second-order valence-electron chi connectivity index (χ2n) is 6.66. The number of anilines is 4. The second-order valence-corrected chi connectivity index (χ2v) is 7.06. The summed E-state index contributed by atoms with van der Waals surface area (Å²) in [7, 11) is 1.51. The molecule has 0 fully saturated rings. The van der Waals surface area contributed by atoms with Crippen molar-refractivity contribution in [1.82, 2.24) is 14.8 Å². The van der Waals surface area contributed by atoms with Crippen molar-refractivity contribution < 1.29 is 4.74 Å². The zero-order valence-corrected chi connectivity index (χ0v) is 18.3. The number of hydrogen-bond donors (Lipinski definition) is 2. The largest absolute Gasteiger partial charge is 0.495 e. The van der Waals surface area contributed by atoms with Gasteiger partial charge >= 0.3 is 5.56 Å². The number of halogens is 1. The van der Waals surface area contributed by atoms with E-state index < -0.39 is 5.56 Å². The lowest BCUT2D eigenvalue weighted by atomic mass is 10.1. The quantitative estimate of drug-likeness (QED) is 0.525. The minimum Gasteiger partial charge on any atom is -0.495 e. The summed E-state index contributed by atoms with van der Waals surface area (Å²) in [5.74, 6) is 0.673. The molecule has 0 saturated carbocycles. The number of rotatable bonds is 8. The van der Waals surface area contributed by atoms with Crippen molar-refractivity contribution in [3.8, 4) is 17.9 Å². The van der Waals surface area contributed by atoms with Gasteiger partial charge in [0.25, 0.3) is 0 Å². The highest BCUT2D eigenvalue weighted by atomic mass is 35.5. The summed E-state index contributed by atoms with van der Waals surface area (Å²) in [6.45, 7) is 2.12. The van der Waals surface area contributed by atoms with Crippen molar-refractivity contribution in [2.75, 3.05) is 17.7 Å². The van der Waals surface area contributed by atoms with Gasteiger partial charge in [-0.25, -0.2) is 4.68 Å². The predicted octanol–water partition coefficient (Wildman–Crippen LogP) is 4.14. The molecule has 10 heteroatoms. The van der Waals surface area contributed by atoms with Crippen LogP contribution in [0.25, 0.3) is 0 Å². The molecule has 0 amide bonds. The van der Waals surface area contributed by atoms with Crippen LogP contribution >= 0.6 is 11.6 Å². The van der Waals surface area contributed by atoms with E-state index in [9.17, 15) is 4.79 Å². The van der Waals surface area contributed by atoms with Crippen LogP contribution in [0.3, 0.4) is 0 Å². The summed E-state index contributed by atoms with van der Waals surface area (Å²) < 4.78 is 6.72. The normalized spacial score (nSPS) is 10.2. The first-order valence-corrected chi connectivity index (χ1v) is 10.1. The van der Waals surface area contributed by atoms with Gasteiger partial charge in [-0.15, -0.1) is 5.10 Å². The van der Waals surface area contributed by atoms with Crippen LogP contribution < -0.4 is 20.9 Å². The Morgan fingerprint density at radius 1 is 1.19 bits per heavy atom. The zero-order valence-electron chi connectivity index (χ0n) is 17.5. The highest BCUT2D eigenvalue weighted by Gasteiger charge is 2.15. The van der Waals surface area contributed by atoms with Gasteiger partial charge in [-0.2, -0.15) is 15.5 Å². The molecule has 2 N–H and O–H groups in total. The molecule has 0 saturated heterocycles.